The molecular weight excluding hydrogens is 252 g/mol. The molecule has 1 aliphatic rings. The van der Waals surface area contributed by atoms with Crippen LogP contribution in [0.4, 0.5) is 0 Å². The van der Waals surface area contributed by atoms with E-state index in [2.05, 4.69) is 10.6 Å². The normalized spacial score (nSPS) is 14.3. The van der Waals surface area contributed by atoms with Crippen LogP contribution in [0, 0.1) is 12.8 Å². The maximum Gasteiger partial charge on any atom is 0.257 e. The van der Waals surface area contributed by atoms with Crippen molar-refractivity contribution in [3.8, 4) is 5.75 Å². The lowest BCUT2D eigenvalue weighted by molar-refractivity contribution is -0.123. The van der Waals surface area contributed by atoms with Crippen LogP contribution < -0.4 is 15.4 Å². The fraction of sp³-hybridized carbons (Fsp3) is 0.462. The summed E-state index contributed by atoms with van der Waals surface area (Å²) in [6.45, 7) is 4.84. The molecule has 1 amide bonds. The number of hydrogen-bond acceptors (Lipinski definition) is 3. The monoisotopic (exact) mass is 270 g/mol. The highest BCUT2D eigenvalue weighted by atomic mass is 35.5. The van der Waals surface area contributed by atoms with Crippen LogP contribution in [0.3, 0.4) is 0 Å². The average molecular weight is 271 g/mol. The predicted octanol–water partition coefficient (Wildman–Crippen LogP) is 1.13. The van der Waals surface area contributed by atoms with Crippen molar-refractivity contribution in [3.05, 3.63) is 29.8 Å². The fourth-order valence-electron chi connectivity index (χ4n) is 1.59. The van der Waals surface area contributed by atoms with Gasteiger partial charge in [0.2, 0.25) is 0 Å². The van der Waals surface area contributed by atoms with Crippen LogP contribution >= 0.6 is 12.4 Å². The van der Waals surface area contributed by atoms with Crippen molar-refractivity contribution in [2.24, 2.45) is 5.92 Å². The molecule has 0 bridgehead atoms. The predicted molar refractivity (Wildman–Crippen MR) is 73.3 cm³/mol. The summed E-state index contributed by atoms with van der Waals surface area (Å²) >= 11 is 0. The fourth-order valence-corrected chi connectivity index (χ4v) is 1.59. The summed E-state index contributed by atoms with van der Waals surface area (Å²) in [5.74, 6) is 1.26. The topological polar surface area (TPSA) is 50.4 Å². The van der Waals surface area contributed by atoms with Crippen molar-refractivity contribution in [2.75, 3.05) is 26.2 Å². The molecule has 1 fully saturated rings. The van der Waals surface area contributed by atoms with E-state index in [0.29, 0.717) is 5.92 Å². The minimum atomic E-state index is -0.0579. The van der Waals surface area contributed by atoms with Crippen molar-refractivity contribution in [1.29, 1.82) is 0 Å². The molecule has 0 saturated carbocycles. The number of aryl methyl sites for hydroxylation is 1. The minimum absolute atomic E-state index is 0. The highest BCUT2D eigenvalue weighted by Gasteiger charge is 2.17. The number of hydrogen-bond donors (Lipinski definition) is 2. The van der Waals surface area contributed by atoms with Gasteiger partial charge in [0.15, 0.2) is 6.61 Å². The molecule has 100 valence electrons. The molecule has 0 unspecified atom stereocenters. The van der Waals surface area contributed by atoms with Gasteiger partial charge in [0, 0.05) is 25.6 Å². The second-order valence-electron chi connectivity index (χ2n) is 4.43. The van der Waals surface area contributed by atoms with E-state index in [-0.39, 0.29) is 24.9 Å². The second kappa shape index (κ2) is 7.24. The third-order valence-electron chi connectivity index (χ3n) is 2.84. The largest absolute Gasteiger partial charge is 0.484 e. The highest BCUT2D eigenvalue weighted by Crippen LogP contribution is 2.10. The van der Waals surface area contributed by atoms with Crippen molar-refractivity contribution in [3.63, 3.8) is 0 Å². The molecule has 0 radical (unpaired) electrons. The number of halogens is 1. The first-order valence-electron chi connectivity index (χ1n) is 5.91. The van der Waals surface area contributed by atoms with Crippen molar-refractivity contribution >= 4 is 18.3 Å². The smallest absolute Gasteiger partial charge is 0.257 e. The van der Waals surface area contributed by atoms with Gasteiger partial charge in [0.1, 0.15) is 5.75 Å². The van der Waals surface area contributed by atoms with Gasteiger partial charge in [-0.1, -0.05) is 17.7 Å². The lowest BCUT2D eigenvalue weighted by Crippen LogP contribution is -2.48. The number of benzene rings is 1. The quantitative estimate of drug-likeness (QED) is 0.843. The Bertz CT molecular complexity index is 377. The zero-order valence-electron chi connectivity index (χ0n) is 10.4. The first-order valence-corrected chi connectivity index (χ1v) is 5.91. The Labute approximate surface area is 114 Å². The Morgan fingerprint density at radius 2 is 2.06 bits per heavy atom. The van der Waals surface area contributed by atoms with Gasteiger partial charge in [-0.2, -0.15) is 0 Å². The molecule has 1 aromatic rings. The summed E-state index contributed by atoms with van der Waals surface area (Å²) in [5.41, 5.74) is 1.18. The summed E-state index contributed by atoms with van der Waals surface area (Å²) in [7, 11) is 0. The average Bonchev–Trinajstić information content (AvgIpc) is 2.26. The molecule has 0 atom stereocenters. The Morgan fingerprint density at radius 1 is 1.39 bits per heavy atom. The lowest BCUT2D eigenvalue weighted by atomic mass is 10.0. The summed E-state index contributed by atoms with van der Waals surface area (Å²) < 4.78 is 5.38. The molecular formula is C13H19ClN2O2. The molecule has 5 heteroatoms. The highest BCUT2D eigenvalue weighted by molar-refractivity contribution is 5.85. The van der Waals surface area contributed by atoms with Crippen LogP contribution in [0.25, 0.3) is 0 Å². The molecule has 18 heavy (non-hydrogen) atoms. The van der Waals surface area contributed by atoms with E-state index >= 15 is 0 Å². The summed E-state index contributed by atoms with van der Waals surface area (Å²) in [4.78, 5) is 11.5. The first kappa shape index (κ1) is 14.8. The minimum Gasteiger partial charge on any atom is -0.484 e. The van der Waals surface area contributed by atoms with Crippen molar-refractivity contribution in [1.82, 2.24) is 10.6 Å². The third-order valence-corrected chi connectivity index (χ3v) is 2.84. The van der Waals surface area contributed by atoms with Gasteiger partial charge in [0.25, 0.3) is 5.91 Å². The van der Waals surface area contributed by atoms with Crippen LogP contribution in [0.15, 0.2) is 24.3 Å². The molecule has 1 aliphatic heterocycles. The molecule has 0 aromatic heterocycles. The zero-order chi connectivity index (χ0) is 12.1. The van der Waals surface area contributed by atoms with Crippen LogP contribution in [0.5, 0.6) is 5.75 Å². The zero-order valence-corrected chi connectivity index (χ0v) is 11.3. The number of carbonyl (C=O) groups is 1. The first-order chi connectivity index (χ1) is 8.24. The molecule has 4 nitrogen and oxygen atoms in total. The molecule has 0 aliphatic carbocycles. The van der Waals surface area contributed by atoms with Crippen LogP contribution in [-0.2, 0) is 4.79 Å². The number of ether oxygens (including phenoxy) is 1. The number of amides is 1. The lowest BCUT2D eigenvalue weighted by Gasteiger charge is -2.27. The van der Waals surface area contributed by atoms with Gasteiger partial charge in [-0.05, 0) is 19.1 Å². The van der Waals surface area contributed by atoms with E-state index in [1.165, 1.54) is 5.56 Å². The summed E-state index contributed by atoms with van der Waals surface area (Å²) in [6, 6.07) is 7.68. The van der Waals surface area contributed by atoms with E-state index in [1.54, 1.807) is 0 Å². The number of carbonyl (C=O) groups excluding carboxylic acids is 1. The SMILES string of the molecule is Cc1ccc(OCC(=O)NCC2CNC2)cc1.Cl. The second-order valence-corrected chi connectivity index (χ2v) is 4.43. The van der Waals surface area contributed by atoms with E-state index in [1.807, 2.05) is 31.2 Å². The van der Waals surface area contributed by atoms with E-state index in [9.17, 15) is 4.79 Å². The van der Waals surface area contributed by atoms with E-state index in [4.69, 9.17) is 4.74 Å². The van der Waals surface area contributed by atoms with Gasteiger partial charge in [-0.25, -0.2) is 0 Å². The van der Waals surface area contributed by atoms with Crippen molar-refractivity contribution in [2.45, 2.75) is 6.92 Å². The Morgan fingerprint density at radius 3 is 2.61 bits per heavy atom. The number of rotatable bonds is 5. The maximum atomic E-state index is 11.5. The third kappa shape index (κ3) is 4.55. The van der Waals surface area contributed by atoms with Gasteiger partial charge in [0.05, 0.1) is 0 Å². The molecule has 1 aromatic carbocycles. The Kier molecular flexibility index (Phi) is 5.95. The maximum absolute atomic E-state index is 11.5. The summed E-state index contributed by atoms with van der Waals surface area (Å²) in [6.07, 6.45) is 0. The van der Waals surface area contributed by atoms with Gasteiger partial charge < -0.3 is 15.4 Å². The number of nitrogens with one attached hydrogen (secondary N) is 2. The van der Waals surface area contributed by atoms with Crippen molar-refractivity contribution < 1.29 is 9.53 Å². The molecule has 0 spiro atoms. The van der Waals surface area contributed by atoms with E-state index in [0.717, 1.165) is 25.4 Å². The molecule has 1 heterocycles. The van der Waals surface area contributed by atoms with Gasteiger partial charge in [-0.15, -0.1) is 12.4 Å². The van der Waals surface area contributed by atoms with Gasteiger partial charge in [-0.3, -0.25) is 4.79 Å². The van der Waals surface area contributed by atoms with Crippen LogP contribution in [-0.4, -0.2) is 32.1 Å². The molecule has 2 rings (SSSR count). The van der Waals surface area contributed by atoms with Crippen LogP contribution in [0.2, 0.25) is 0 Å². The van der Waals surface area contributed by atoms with Gasteiger partial charge >= 0.3 is 0 Å². The Hall–Kier alpha value is -1.26. The van der Waals surface area contributed by atoms with Crippen LogP contribution in [0.1, 0.15) is 5.56 Å². The Balaban J connectivity index is 0.00000162. The molecule has 1 saturated heterocycles. The standard InChI is InChI=1S/C13H18N2O2.ClH/c1-10-2-4-12(5-3-10)17-9-13(16)15-8-11-6-14-7-11;/h2-5,11,14H,6-9H2,1H3,(H,15,16);1H. The van der Waals surface area contributed by atoms with E-state index < -0.39 is 0 Å². The summed E-state index contributed by atoms with van der Waals surface area (Å²) in [5, 5.41) is 6.03. The molecule has 2 N–H and O–H groups in total.